The van der Waals surface area contributed by atoms with E-state index in [0.29, 0.717) is 29.2 Å². The van der Waals surface area contributed by atoms with E-state index >= 15 is 0 Å². The van der Waals surface area contributed by atoms with Gasteiger partial charge in [0.1, 0.15) is 4.83 Å². The molecular weight excluding hydrogens is 388 g/mol. The van der Waals surface area contributed by atoms with E-state index in [-0.39, 0.29) is 17.7 Å². The lowest BCUT2D eigenvalue weighted by molar-refractivity contribution is -0.114. The van der Waals surface area contributed by atoms with Gasteiger partial charge in [-0.25, -0.2) is 4.98 Å². The number of carbonyl (C=O) groups is 3. The van der Waals surface area contributed by atoms with Gasteiger partial charge in [-0.2, -0.15) is 0 Å². The minimum atomic E-state index is -0.457. The number of primary amides is 1. The Morgan fingerprint density at radius 3 is 2.66 bits per heavy atom. The number of fused-ring (bicyclic) bond motifs is 1. The highest BCUT2D eigenvalue weighted by Gasteiger charge is 2.32. The molecule has 1 saturated heterocycles. The van der Waals surface area contributed by atoms with Crippen LogP contribution < -0.4 is 11.1 Å². The van der Waals surface area contributed by atoms with Gasteiger partial charge in [-0.05, 0) is 42.3 Å². The molecule has 0 radical (unpaired) electrons. The summed E-state index contributed by atoms with van der Waals surface area (Å²) in [6, 6.07) is 10.6. The van der Waals surface area contributed by atoms with Crippen LogP contribution in [0.1, 0.15) is 44.9 Å². The minimum Gasteiger partial charge on any atom is -0.365 e. The Morgan fingerprint density at radius 2 is 1.97 bits per heavy atom. The largest absolute Gasteiger partial charge is 0.365 e. The average Bonchev–Trinajstić information content (AvgIpc) is 3.32. The summed E-state index contributed by atoms with van der Waals surface area (Å²) in [5.41, 5.74) is 7.73. The van der Waals surface area contributed by atoms with E-state index in [9.17, 15) is 14.4 Å². The van der Waals surface area contributed by atoms with E-state index in [0.717, 1.165) is 22.2 Å². The normalized spacial score (nSPS) is 16.2. The third kappa shape index (κ3) is 3.71. The van der Waals surface area contributed by atoms with Crippen molar-refractivity contribution < 1.29 is 14.4 Å². The molecule has 0 spiro atoms. The van der Waals surface area contributed by atoms with Crippen LogP contribution in [-0.2, 0) is 4.79 Å². The summed E-state index contributed by atoms with van der Waals surface area (Å²) >= 11 is 1.31. The Bertz CT molecular complexity index is 1110. The minimum absolute atomic E-state index is 0.0399. The summed E-state index contributed by atoms with van der Waals surface area (Å²) in [7, 11) is 0. The standard InChI is InChI=1S/C21H20N4O3S/c1-12(26)24-15-6-4-13(5-7-15)21(28)25-10-8-14(11-25)17-16-3-2-9-23-20(16)29-18(17)19(22)27/h2-7,9,14H,8,10-11H2,1H3,(H2,22,27)(H,24,26)/t14-/m1/s1. The SMILES string of the molecule is CC(=O)Nc1ccc(C(=O)N2CC[C@@H](c3c(C(N)=O)sc4ncccc34)C2)cc1. The molecule has 1 aliphatic heterocycles. The van der Waals surface area contributed by atoms with Crippen molar-refractivity contribution in [2.24, 2.45) is 5.73 Å². The molecule has 3 heterocycles. The number of hydrogen-bond acceptors (Lipinski definition) is 5. The number of likely N-dealkylation sites (tertiary alicyclic amines) is 1. The van der Waals surface area contributed by atoms with Crippen LogP contribution in [0.3, 0.4) is 0 Å². The Hall–Kier alpha value is -3.26. The smallest absolute Gasteiger partial charge is 0.259 e. The van der Waals surface area contributed by atoms with Gasteiger partial charge in [0, 0.05) is 48.8 Å². The lowest BCUT2D eigenvalue weighted by atomic mass is 9.95. The van der Waals surface area contributed by atoms with Crippen molar-refractivity contribution >= 4 is 45.0 Å². The number of thiophene rings is 1. The van der Waals surface area contributed by atoms with E-state index in [4.69, 9.17) is 5.73 Å². The van der Waals surface area contributed by atoms with Crippen molar-refractivity contribution in [2.75, 3.05) is 18.4 Å². The predicted molar refractivity (Wildman–Crippen MR) is 112 cm³/mol. The molecule has 0 unspecified atom stereocenters. The molecule has 8 heteroatoms. The van der Waals surface area contributed by atoms with Crippen LogP contribution in [-0.4, -0.2) is 40.7 Å². The number of aromatic nitrogens is 1. The second-order valence-corrected chi connectivity index (χ2v) is 8.06. The molecular formula is C21H20N4O3S. The number of nitrogens with two attached hydrogens (primary N) is 1. The molecule has 7 nitrogen and oxygen atoms in total. The highest BCUT2D eigenvalue weighted by molar-refractivity contribution is 7.20. The van der Waals surface area contributed by atoms with Crippen molar-refractivity contribution in [2.45, 2.75) is 19.3 Å². The summed E-state index contributed by atoms with van der Waals surface area (Å²) < 4.78 is 0. The van der Waals surface area contributed by atoms with Crippen LogP contribution in [0, 0.1) is 0 Å². The monoisotopic (exact) mass is 408 g/mol. The van der Waals surface area contributed by atoms with Gasteiger partial charge in [-0.1, -0.05) is 6.07 Å². The summed E-state index contributed by atoms with van der Waals surface area (Å²) in [6.45, 7) is 2.56. The average molecular weight is 408 g/mol. The van der Waals surface area contributed by atoms with E-state index in [1.54, 1.807) is 35.4 Å². The Labute approximate surface area is 171 Å². The fourth-order valence-electron chi connectivity index (χ4n) is 3.80. The van der Waals surface area contributed by atoms with Crippen molar-refractivity contribution in [1.29, 1.82) is 0 Å². The maximum atomic E-state index is 12.9. The van der Waals surface area contributed by atoms with Gasteiger partial charge in [0.2, 0.25) is 5.91 Å². The topological polar surface area (TPSA) is 105 Å². The summed E-state index contributed by atoms with van der Waals surface area (Å²) in [5, 5.41) is 3.62. The number of benzene rings is 1. The number of amides is 3. The summed E-state index contributed by atoms with van der Waals surface area (Å²) in [4.78, 5) is 43.5. The van der Waals surface area contributed by atoms with Crippen molar-refractivity contribution in [3.05, 3.63) is 58.6 Å². The van der Waals surface area contributed by atoms with Gasteiger partial charge in [-0.3, -0.25) is 14.4 Å². The molecule has 0 saturated carbocycles. The van der Waals surface area contributed by atoms with Crippen LogP contribution in [0.2, 0.25) is 0 Å². The van der Waals surface area contributed by atoms with Crippen molar-refractivity contribution in [3.63, 3.8) is 0 Å². The molecule has 148 valence electrons. The fourth-order valence-corrected chi connectivity index (χ4v) is 4.88. The van der Waals surface area contributed by atoms with E-state index in [1.807, 2.05) is 12.1 Å². The molecule has 29 heavy (non-hydrogen) atoms. The first-order chi connectivity index (χ1) is 13.9. The molecule has 3 aromatic rings. The van der Waals surface area contributed by atoms with E-state index < -0.39 is 5.91 Å². The summed E-state index contributed by atoms with van der Waals surface area (Å²) in [5.74, 6) is -0.645. The number of rotatable bonds is 4. The van der Waals surface area contributed by atoms with Gasteiger partial charge in [-0.15, -0.1) is 11.3 Å². The lowest BCUT2D eigenvalue weighted by Crippen LogP contribution is -2.28. The Kier molecular flexibility index (Phi) is 5.02. The number of pyridine rings is 1. The number of anilines is 1. The quantitative estimate of drug-likeness (QED) is 0.692. The maximum absolute atomic E-state index is 12.9. The van der Waals surface area contributed by atoms with Gasteiger partial charge in [0.25, 0.3) is 11.8 Å². The number of nitrogens with one attached hydrogen (secondary N) is 1. The molecule has 4 rings (SSSR count). The molecule has 3 N–H and O–H groups in total. The van der Waals surface area contributed by atoms with Crippen LogP contribution in [0.5, 0.6) is 0 Å². The molecule has 0 bridgehead atoms. The van der Waals surface area contributed by atoms with Crippen LogP contribution >= 0.6 is 11.3 Å². The third-order valence-electron chi connectivity index (χ3n) is 5.06. The third-order valence-corrected chi connectivity index (χ3v) is 6.21. The zero-order valence-electron chi connectivity index (χ0n) is 15.8. The van der Waals surface area contributed by atoms with E-state index in [2.05, 4.69) is 10.3 Å². The second-order valence-electron chi connectivity index (χ2n) is 7.06. The van der Waals surface area contributed by atoms with Crippen LogP contribution in [0.4, 0.5) is 5.69 Å². The second kappa shape index (κ2) is 7.63. The molecule has 0 aliphatic carbocycles. The number of carbonyl (C=O) groups excluding carboxylic acids is 3. The lowest BCUT2D eigenvalue weighted by Gasteiger charge is -2.17. The van der Waals surface area contributed by atoms with Crippen molar-refractivity contribution in [3.8, 4) is 0 Å². The van der Waals surface area contributed by atoms with Crippen molar-refractivity contribution in [1.82, 2.24) is 9.88 Å². The fraction of sp³-hybridized carbons (Fsp3) is 0.238. The molecule has 2 aromatic heterocycles. The Balaban J connectivity index is 1.56. The summed E-state index contributed by atoms with van der Waals surface area (Å²) in [6.07, 6.45) is 2.46. The van der Waals surface area contributed by atoms with Gasteiger partial charge in [0.05, 0.1) is 4.88 Å². The highest BCUT2D eigenvalue weighted by atomic mass is 32.1. The highest BCUT2D eigenvalue weighted by Crippen LogP contribution is 2.39. The molecule has 1 fully saturated rings. The zero-order valence-corrected chi connectivity index (χ0v) is 16.7. The molecule has 3 amide bonds. The van der Waals surface area contributed by atoms with Gasteiger partial charge >= 0.3 is 0 Å². The number of hydrogen-bond donors (Lipinski definition) is 2. The molecule has 1 aromatic carbocycles. The number of nitrogens with zero attached hydrogens (tertiary/aromatic N) is 2. The Morgan fingerprint density at radius 1 is 1.21 bits per heavy atom. The van der Waals surface area contributed by atoms with Crippen LogP contribution in [0.15, 0.2) is 42.6 Å². The molecule has 1 atom stereocenters. The predicted octanol–water partition coefficient (Wildman–Crippen LogP) is 2.98. The zero-order chi connectivity index (χ0) is 20.5. The first-order valence-electron chi connectivity index (χ1n) is 9.28. The van der Waals surface area contributed by atoms with Gasteiger partial charge in [0.15, 0.2) is 0 Å². The van der Waals surface area contributed by atoms with E-state index in [1.165, 1.54) is 18.3 Å². The first kappa shape index (κ1) is 19.1. The van der Waals surface area contributed by atoms with Crippen LogP contribution in [0.25, 0.3) is 10.2 Å². The maximum Gasteiger partial charge on any atom is 0.259 e. The first-order valence-corrected chi connectivity index (χ1v) is 10.1. The van der Waals surface area contributed by atoms with Gasteiger partial charge < -0.3 is 16.0 Å². The molecule has 1 aliphatic rings.